The Balaban J connectivity index is 1.58. The van der Waals surface area contributed by atoms with Crippen LogP contribution in [0.4, 0.5) is 0 Å². The summed E-state index contributed by atoms with van der Waals surface area (Å²) in [5.41, 5.74) is 1.70. The maximum absolute atomic E-state index is 12.9. The molecule has 0 saturated carbocycles. The summed E-state index contributed by atoms with van der Waals surface area (Å²) in [6.45, 7) is 0.580. The number of carbonyl (C=O) groups is 1. The number of hydrogen-bond acceptors (Lipinski definition) is 7. The lowest BCUT2D eigenvalue weighted by molar-refractivity contribution is -0.122. The minimum absolute atomic E-state index is 0.134. The van der Waals surface area contributed by atoms with Gasteiger partial charge >= 0.3 is 0 Å². The number of ether oxygens (including phenoxy) is 4. The molecule has 1 fully saturated rings. The van der Waals surface area contributed by atoms with E-state index in [0.717, 1.165) is 16.9 Å². The molecule has 0 atom stereocenters. The molecular weight excluding hydrogens is 398 g/mol. The number of thiocarbonyl (C=S) groups is 1. The predicted molar refractivity (Wildman–Crippen MR) is 111 cm³/mol. The van der Waals surface area contributed by atoms with Crippen LogP contribution in [0.3, 0.4) is 0 Å². The van der Waals surface area contributed by atoms with Crippen molar-refractivity contribution in [1.29, 1.82) is 0 Å². The Hall–Kier alpha value is -2.71. The van der Waals surface area contributed by atoms with Crippen molar-refractivity contribution < 1.29 is 23.7 Å². The van der Waals surface area contributed by atoms with Crippen LogP contribution in [0.1, 0.15) is 11.1 Å². The second-order valence-electron chi connectivity index (χ2n) is 6.06. The molecule has 2 aromatic carbocycles. The molecule has 1 amide bonds. The van der Waals surface area contributed by atoms with Gasteiger partial charge in [0.2, 0.25) is 6.79 Å². The van der Waals surface area contributed by atoms with Gasteiger partial charge in [-0.1, -0.05) is 36.1 Å². The van der Waals surface area contributed by atoms with Gasteiger partial charge in [-0.3, -0.25) is 9.69 Å². The molecule has 0 bridgehead atoms. The van der Waals surface area contributed by atoms with Crippen molar-refractivity contribution in [3.8, 4) is 23.0 Å². The normalized spacial score (nSPS) is 16.8. The summed E-state index contributed by atoms with van der Waals surface area (Å²) in [6, 6.07) is 11.1. The molecule has 0 unspecified atom stereocenters. The van der Waals surface area contributed by atoms with Crippen molar-refractivity contribution in [2.24, 2.45) is 0 Å². The zero-order chi connectivity index (χ0) is 19.7. The molecule has 2 aromatic rings. The number of nitrogens with zero attached hydrogens (tertiary/aromatic N) is 1. The van der Waals surface area contributed by atoms with Gasteiger partial charge in [0.25, 0.3) is 5.91 Å². The van der Waals surface area contributed by atoms with Crippen molar-refractivity contribution in [2.45, 2.75) is 6.54 Å². The van der Waals surface area contributed by atoms with Gasteiger partial charge in [0.05, 0.1) is 25.7 Å². The van der Waals surface area contributed by atoms with E-state index in [0.29, 0.717) is 33.0 Å². The minimum Gasteiger partial charge on any atom is -0.497 e. The average Bonchev–Trinajstić information content (AvgIpc) is 3.27. The molecular formula is C20H17NO5S2. The third-order valence-electron chi connectivity index (χ3n) is 4.38. The van der Waals surface area contributed by atoms with Gasteiger partial charge in [-0.25, -0.2) is 0 Å². The first kappa shape index (κ1) is 18.6. The highest BCUT2D eigenvalue weighted by Crippen LogP contribution is 2.41. The first-order valence-electron chi connectivity index (χ1n) is 8.45. The maximum atomic E-state index is 12.9. The summed E-state index contributed by atoms with van der Waals surface area (Å²) in [7, 11) is 3.19. The van der Waals surface area contributed by atoms with Crippen LogP contribution in [0.15, 0.2) is 41.3 Å². The smallest absolute Gasteiger partial charge is 0.266 e. The van der Waals surface area contributed by atoms with Crippen molar-refractivity contribution >= 4 is 40.3 Å². The molecule has 0 aromatic heterocycles. The molecule has 2 heterocycles. The molecule has 0 N–H and O–H groups in total. The number of fused-ring (bicyclic) bond motifs is 1. The highest BCUT2D eigenvalue weighted by atomic mass is 32.2. The number of benzene rings is 2. The van der Waals surface area contributed by atoms with E-state index in [4.69, 9.17) is 31.2 Å². The fourth-order valence-corrected chi connectivity index (χ4v) is 4.17. The minimum atomic E-state index is -0.134. The van der Waals surface area contributed by atoms with Gasteiger partial charge in [0, 0.05) is 11.6 Å². The quantitative estimate of drug-likeness (QED) is 0.543. The fourth-order valence-electron chi connectivity index (χ4n) is 2.92. The number of rotatable bonds is 5. The molecule has 4 rings (SSSR count). The molecule has 6 nitrogen and oxygen atoms in total. The summed E-state index contributed by atoms with van der Waals surface area (Å²) in [6.07, 6.45) is 1.77. The Morgan fingerprint density at radius 2 is 1.86 bits per heavy atom. The predicted octanol–water partition coefficient (Wildman–Crippen LogP) is 3.83. The van der Waals surface area contributed by atoms with Crippen LogP contribution in [-0.4, -0.2) is 36.1 Å². The van der Waals surface area contributed by atoms with Crippen molar-refractivity contribution in [1.82, 2.24) is 4.90 Å². The fraction of sp³-hybridized carbons (Fsp3) is 0.200. The first-order valence-corrected chi connectivity index (χ1v) is 9.67. The monoisotopic (exact) mass is 415 g/mol. The molecule has 2 aliphatic rings. The number of thioether (sulfide) groups is 1. The Morgan fingerprint density at radius 1 is 1.14 bits per heavy atom. The standard InChI is InChI=1S/C20H17NO5S2/c1-23-14-5-3-12(4-6-14)10-21-19(22)18(28-20(21)27)8-13-7-16-17(26-11-25-16)9-15(13)24-2/h3-9H,10-11H2,1-2H3/b18-8-. The summed E-state index contributed by atoms with van der Waals surface area (Å²) in [5.74, 6) is 2.49. The number of methoxy groups -OCH3 is 2. The van der Waals surface area contributed by atoms with Gasteiger partial charge in [-0.15, -0.1) is 0 Å². The lowest BCUT2D eigenvalue weighted by Crippen LogP contribution is -2.27. The van der Waals surface area contributed by atoms with E-state index in [1.54, 1.807) is 37.3 Å². The van der Waals surface area contributed by atoms with Gasteiger partial charge < -0.3 is 18.9 Å². The van der Waals surface area contributed by atoms with Crippen LogP contribution in [-0.2, 0) is 11.3 Å². The van der Waals surface area contributed by atoms with Crippen molar-refractivity contribution in [2.75, 3.05) is 21.0 Å². The first-order chi connectivity index (χ1) is 13.6. The molecule has 1 saturated heterocycles. The van der Waals surface area contributed by atoms with E-state index in [-0.39, 0.29) is 12.7 Å². The van der Waals surface area contributed by atoms with Crippen LogP contribution in [0.25, 0.3) is 6.08 Å². The second-order valence-corrected chi connectivity index (χ2v) is 7.74. The Kier molecular flexibility index (Phi) is 5.15. The van der Waals surface area contributed by atoms with Crippen LogP contribution in [0, 0.1) is 0 Å². The zero-order valence-corrected chi connectivity index (χ0v) is 16.9. The summed E-state index contributed by atoms with van der Waals surface area (Å²) >= 11 is 6.70. The van der Waals surface area contributed by atoms with E-state index < -0.39 is 0 Å². The number of carbonyl (C=O) groups excluding carboxylic acids is 1. The van der Waals surface area contributed by atoms with Crippen molar-refractivity contribution in [3.05, 3.63) is 52.4 Å². The number of hydrogen-bond donors (Lipinski definition) is 0. The van der Waals surface area contributed by atoms with E-state index in [1.807, 2.05) is 24.3 Å². The molecule has 28 heavy (non-hydrogen) atoms. The van der Waals surface area contributed by atoms with Crippen LogP contribution in [0.2, 0.25) is 0 Å². The van der Waals surface area contributed by atoms with Gasteiger partial charge in [-0.2, -0.15) is 0 Å². The van der Waals surface area contributed by atoms with Crippen LogP contribution in [0.5, 0.6) is 23.0 Å². The second kappa shape index (κ2) is 7.73. The number of amides is 1. The molecule has 8 heteroatoms. The topological polar surface area (TPSA) is 57.2 Å². The average molecular weight is 415 g/mol. The lowest BCUT2D eigenvalue weighted by Gasteiger charge is -2.14. The summed E-state index contributed by atoms with van der Waals surface area (Å²) < 4.78 is 21.9. The van der Waals surface area contributed by atoms with Crippen molar-refractivity contribution in [3.63, 3.8) is 0 Å². The lowest BCUT2D eigenvalue weighted by atomic mass is 10.1. The van der Waals surface area contributed by atoms with Crippen LogP contribution < -0.4 is 18.9 Å². The maximum Gasteiger partial charge on any atom is 0.266 e. The van der Waals surface area contributed by atoms with E-state index in [9.17, 15) is 4.79 Å². The third-order valence-corrected chi connectivity index (χ3v) is 5.76. The van der Waals surface area contributed by atoms with E-state index >= 15 is 0 Å². The third kappa shape index (κ3) is 3.53. The molecule has 0 spiro atoms. The van der Waals surface area contributed by atoms with E-state index in [2.05, 4.69) is 0 Å². The van der Waals surface area contributed by atoms with Gasteiger partial charge in [0.15, 0.2) is 11.5 Å². The highest BCUT2D eigenvalue weighted by molar-refractivity contribution is 8.26. The molecule has 0 aliphatic carbocycles. The summed E-state index contributed by atoms with van der Waals surface area (Å²) in [5, 5.41) is 0. The van der Waals surface area contributed by atoms with Gasteiger partial charge in [-0.05, 0) is 29.8 Å². The Bertz CT molecular complexity index is 971. The molecule has 0 radical (unpaired) electrons. The van der Waals surface area contributed by atoms with E-state index in [1.165, 1.54) is 11.8 Å². The summed E-state index contributed by atoms with van der Waals surface area (Å²) in [4.78, 5) is 15.0. The SMILES string of the molecule is COc1ccc(CN2C(=O)/C(=C/c3cc4c(cc3OC)OCO4)SC2=S)cc1. The molecule has 144 valence electrons. The Labute approximate surface area is 172 Å². The zero-order valence-electron chi connectivity index (χ0n) is 15.3. The molecule has 2 aliphatic heterocycles. The Morgan fingerprint density at radius 3 is 2.54 bits per heavy atom. The largest absolute Gasteiger partial charge is 0.497 e. The van der Waals surface area contributed by atoms with Gasteiger partial charge in [0.1, 0.15) is 15.8 Å². The highest BCUT2D eigenvalue weighted by Gasteiger charge is 2.32. The van der Waals surface area contributed by atoms with Crippen LogP contribution >= 0.6 is 24.0 Å².